The maximum atomic E-state index is 12.7. The van der Waals surface area contributed by atoms with E-state index >= 15 is 0 Å². The predicted molar refractivity (Wildman–Crippen MR) is 86.7 cm³/mol. The summed E-state index contributed by atoms with van der Waals surface area (Å²) in [5, 5.41) is 0. The van der Waals surface area contributed by atoms with E-state index in [1.54, 1.807) is 6.20 Å². The Morgan fingerprint density at radius 3 is 2.64 bits per heavy atom. The molecule has 0 unspecified atom stereocenters. The van der Waals surface area contributed by atoms with Crippen LogP contribution in [-0.2, 0) is 0 Å². The summed E-state index contributed by atoms with van der Waals surface area (Å²) in [6.45, 7) is 4.26. The monoisotopic (exact) mass is 295 g/mol. The van der Waals surface area contributed by atoms with Crippen molar-refractivity contribution in [1.82, 2.24) is 14.8 Å². The molecule has 1 aromatic carbocycles. The molecule has 2 aromatic rings. The first-order chi connectivity index (χ1) is 10.7. The molecule has 0 spiro atoms. The van der Waals surface area contributed by atoms with Crippen LogP contribution in [0.25, 0.3) is 0 Å². The van der Waals surface area contributed by atoms with Gasteiger partial charge in [0.1, 0.15) is 5.69 Å². The highest BCUT2D eigenvalue weighted by atomic mass is 16.2. The number of carbonyl (C=O) groups excluding carboxylic acids is 1. The summed E-state index contributed by atoms with van der Waals surface area (Å²) in [5.41, 5.74) is 2.75. The van der Waals surface area contributed by atoms with Gasteiger partial charge < -0.3 is 4.90 Å². The summed E-state index contributed by atoms with van der Waals surface area (Å²) >= 11 is 0. The molecule has 4 heteroatoms. The highest BCUT2D eigenvalue weighted by Crippen LogP contribution is 2.24. The first kappa shape index (κ1) is 14.7. The van der Waals surface area contributed by atoms with Crippen molar-refractivity contribution in [2.45, 2.75) is 13.0 Å². The second kappa shape index (κ2) is 6.28. The smallest absolute Gasteiger partial charge is 0.272 e. The van der Waals surface area contributed by atoms with Gasteiger partial charge in [0.2, 0.25) is 0 Å². The van der Waals surface area contributed by atoms with Gasteiger partial charge in [-0.3, -0.25) is 14.7 Å². The molecule has 1 aromatic heterocycles. The van der Waals surface area contributed by atoms with Crippen LogP contribution in [-0.4, -0.2) is 47.4 Å². The lowest BCUT2D eigenvalue weighted by Crippen LogP contribution is -2.49. The zero-order valence-corrected chi connectivity index (χ0v) is 13.1. The van der Waals surface area contributed by atoms with Crippen molar-refractivity contribution < 1.29 is 4.79 Å². The topological polar surface area (TPSA) is 36.4 Å². The molecule has 1 aliphatic rings. The number of aryl methyl sites for hydroxylation is 1. The number of rotatable bonds is 2. The van der Waals surface area contributed by atoms with Gasteiger partial charge in [-0.1, -0.05) is 36.4 Å². The molecule has 0 aliphatic carbocycles. The van der Waals surface area contributed by atoms with E-state index in [1.807, 2.05) is 42.2 Å². The van der Waals surface area contributed by atoms with Crippen molar-refractivity contribution in [1.29, 1.82) is 0 Å². The number of hydrogen-bond acceptors (Lipinski definition) is 3. The van der Waals surface area contributed by atoms with Crippen molar-refractivity contribution >= 4 is 5.91 Å². The fourth-order valence-electron chi connectivity index (χ4n) is 2.95. The Kier molecular flexibility index (Phi) is 4.20. The Morgan fingerprint density at radius 1 is 1.14 bits per heavy atom. The first-order valence-corrected chi connectivity index (χ1v) is 7.63. The molecule has 0 saturated carbocycles. The maximum absolute atomic E-state index is 12.7. The minimum atomic E-state index is 0.0344. The van der Waals surface area contributed by atoms with Crippen LogP contribution in [0.5, 0.6) is 0 Å². The van der Waals surface area contributed by atoms with E-state index in [0.29, 0.717) is 12.2 Å². The quantitative estimate of drug-likeness (QED) is 0.854. The van der Waals surface area contributed by atoms with Crippen molar-refractivity contribution in [3.63, 3.8) is 0 Å². The zero-order chi connectivity index (χ0) is 15.5. The molecule has 114 valence electrons. The van der Waals surface area contributed by atoms with Gasteiger partial charge in [-0.15, -0.1) is 0 Å². The Bertz CT molecular complexity index is 656. The van der Waals surface area contributed by atoms with Gasteiger partial charge in [0.25, 0.3) is 5.91 Å². The van der Waals surface area contributed by atoms with Crippen molar-refractivity contribution in [3.8, 4) is 0 Å². The van der Waals surface area contributed by atoms with Crippen LogP contribution in [0.4, 0.5) is 0 Å². The molecule has 1 saturated heterocycles. The second-order valence-electron chi connectivity index (χ2n) is 5.83. The third kappa shape index (κ3) is 2.88. The minimum Gasteiger partial charge on any atom is -0.334 e. The molecule has 22 heavy (non-hydrogen) atoms. The van der Waals surface area contributed by atoms with Crippen LogP contribution < -0.4 is 0 Å². The van der Waals surface area contributed by atoms with Gasteiger partial charge in [-0.2, -0.15) is 0 Å². The molecule has 0 N–H and O–H groups in total. The number of likely N-dealkylation sites (N-methyl/N-ethyl adjacent to an activating group) is 1. The third-order valence-electron chi connectivity index (χ3n) is 4.33. The highest BCUT2D eigenvalue weighted by Gasteiger charge is 2.29. The van der Waals surface area contributed by atoms with Crippen molar-refractivity contribution in [2.24, 2.45) is 0 Å². The largest absolute Gasteiger partial charge is 0.334 e. The first-order valence-electron chi connectivity index (χ1n) is 7.63. The lowest BCUT2D eigenvalue weighted by Gasteiger charge is -2.39. The summed E-state index contributed by atoms with van der Waals surface area (Å²) in [5.74, 6) is 0.0344. The molecule has 1 fully saturated rings. The number of aromatic nitrogens is 1. The van der Waals surface area contributed by atoms with Crippen LogP contribution in [0, 0.1) is 6.92 Å². The highest BCUT2D eigenvalue weighted by molar-refractivity contribution is 5.93. The average molecular weight is 295 g/mol. The molecule has 1 aliphatic heterocycles. The summed E-state index contributed by atoms with van der Waals surface area (Å²) in [6.07, 6.45) is 1.69. The van der Waals surface area contributed by atoms with E-state index in [1.165, 1.54) is 5.56 Å². The van der Waals surface area contributed by atoms with E-state index in [4.69, 9.17) is 0 Å². The Morgan fingerprint density at radius 2 is 1.91 bits per heavy atom. The van der Waals surface area contributed by atoms with Crippen LogP contribution in [0.2, 0.25) is 0 Å². The summed E-state index contributed by atoms with van der Waals surface area (Å²) in [7, 11) is 2.12. The fourth-order valence-corrected chi connectivity index (χ4v) is 2.95. The SMILES string of the molecule is Cc1cccnc1C(=O)N1CCN(C)[C@H](c2ccccc2)C1. The van der Waals surface area contributed by atoms with Crippen LogP contribution >= 0.6 is 0 Å². The van der Waals surface area contributed by atoms with Gasteiger partial charge >= 0.3 is 0 Å². The molecule has 3 rings (SSSR count). The van der Waals surface area contributed by atoms with E-state index in [9.17, 15) is 4.79 Å². The molecule has 1 atom stereocenters. The van der Waals surface area contributed by atoms with E-state index in [-0.39, 0.29) is 11.9 Å². The fraction of sp³-hybridized carbons (Fsp3) is 0.333. The number of hydrogen-bond donors (Lipinski definition) is 0. The molecular weight excluding hydrogens is 274 g/mol. The van der Waals surface area contributed by atoms with Crippen LogP contribution in [0.3, 0.4) is 0 Å². The molecular formula is C18H21N3O. The number of amides is 1. The minimum absolute atomic E-state index is 0.0344. The number of benzene rings is 1. The standard InChI is InChI=1S/C18H21N3O/c1-14-7-6-10-19-17(14)18(22)21-12-11-20(2)16(13-21)15-8-4-3-5-9-15/h3-10,16H,11-13H2,1-2H3/t16-/m0/s1. The molecule has 2 heterocycles. The molecule has 0 radical (unpaired) electrons. The number of pyridine rings is 1. The van der Waals surface area contributed by atoms with Gasteiger partial charge in [-0.05, 0) is 31.2 Å². The summed E-state index contributed by atoms with van der Waals surface area (Å²) in [4.78, 5) is 21.2. The normalized spacial score (nSPS) is 19.2. The van der Waals surface area contributed by atoms with Gasteiger partial charge in [0, 0.05) is 25.8 Å². The second-order valence-corrected chi connectivity index (χ2v) is 5.83. The number of nitrogens with zero attached hydrogens (tertiary/aromatic N) is 3. The Hall–Kier alpha value is -2.20. The number of piperazine rings is 1. The van der Waals surface area contributed by atoms with Gasteiger partial charge in [-0.25, -0.2) is 0 Å². The zero-order valence-electron chi connectivity index (χ0n) is 13.1. The van der Waals surface area contributed by atoms with E-state index < -0.39 is 0 Å². The summed E-state index contributed by atoms with van der Waals surface area (Å²) < 4.78 is 0. The lowest BCUT2D eigenvalue weighted by atomic mass is 10.0. The van der Waals surface area contributed by atoms with E-state index in [2.05, 4.69) is 29.1 Å². The molecule has 0 bridgehead atoms. The van der Waals surface area contributed by atoms with Crippen molar-refractivity contribution in [2.75, 3.05) is 26.7 Å². The van der Waals surface area contributed by atoms with Crippen LogP contribution in [0.1, 0.15) is 27.7 Å². The van der Waals surface area contributed by atoms with Crippen molar-refractivity contribution in [3.05, 3.63) is 65.5 Å². The molecule has 1 amide bonds. The van der Waals surface area contributed by atoms with E-state index in [0.717, 1.165) is 18.7 Å². The Balaban J connectivity index is 1.81. The molecule has 4 nitrogen and oxygen atoms in total. The van der Waals surface area contributed by atoms with Crippen LogP contribution in [0.15, 0.2) is 48.7 Å². The lowest BCUT2D eigenvalue weighted by molar-refractivity contribution is 0.0540. The predicted octanol–water partition coefficient (Wildman–Crippen LogP) is 2.52. The van der Waals surface area contributed by atoms with Gasteiger partial charge in [0.15, 0.2) is 0 Å². The number of carbonyl (C=O) groups is 1. The Labute approximate surface area is 131 Å². The summed E-state index contributed by atoms with van der Waals surface area (Å²) in [6, 6.07) is 14.4. The van der Waals surface area contributed by atoms with Gasteiger partial charge in [0.05, 0.1) is 6.04 Å². The average Bonchev–Trinajstić information content (AvgIpc) is 2.56. The maximum Gasteiger partial charge on any atom is 0.272 e. The third-order valence-corrected chi connectivity index (χ3v) is 4.33.